The maximum atomic E-state index is 12.9. The van der Waals surface area contributed by atoms with Gasteiger partial charge in [-0.1, -0.05) is 46.3 Å². The third kappa shape index (κ3) is 3.13. The molecule has 0 heterocycles. The summed E-state index contributed by atoms with van der Waals surface area (Å²) in [4.78, 5) is 11.1. The molecule has 0 radical (unpaired) electrons. The molecule has 16 heavy (non-hydrogen) atoms. The summed E-state index contributed by atoms with van der Waals surface area (Å²) in [6, 6.07) is 8.02. The van der Waals surface area contributed by atoms with Gasteiger partial charge in [-0.15, -0.1) is 0 Å². The van der Waals surface area contributed by atoms with Gasteiger partial charge in [-0.3, -0.25) is 4.79 Å². The van der Waals surface area contributed by atoms with E-state index < -0.39 is 22.8 Å². The molecule has 0 saturated heterocycles. The Kier molecular flexibility index (Phi) is 4.18. The Morgan fingerprint density at radius 3 is 2.44 bits per heavy atom. The molecule has 0 spiro atoms. The van der Waals surface area contributed by atoms with Gasteiger partial charge in [-0.2, -0.15) is 8.78 Å². The average Bonchev–Trinajstić information content (AvgIpc) is 2.30. The fourth-order valence-corrected chi connectivity index (χ4v) is 1.26. The summed E-state index contributed by atoms with van der Waals surface area (Å²) in [6.45, 7) is 0. The van der Waals surface area contributed by atoms with Crippen molar-refractivity contribution in [2.45, 2.75) is 5.92 Å². The number of carbonyl (C=O) groups is 1. The molecule has 1 N–H and O–H groups in total. The van der Waals surface area contributed by atoms with Crippen molar-refractivity contribution in [3.05, 3.63) is 42.0 Å². The molecule has 0 bridgehead atoms. The van der Waals surface area contributed by atoms with Gasteiger partial charge in [0.05, 0.1) is 5.33 Å². The van der Waals surface area contributed by atoms with Crippen LogP contribution in [0.3, 0.4) is 0 Å². The van der Waals surface area contributed by atoms with E-state index in [1.807, 2.05) is 0 Å². The van der Waals surface area contributed by atoms with Gasteiger partial charge in [0.1, 0.15) is 5.76 Å². The Bertz CT molecular complexity index is 402. The van der Waals surface area contributed by atoms with E-state index in [1.54, 1.807) is 18.2 Å². The highest BCUT2D eigenvalue weighted by Gasteiger charge is 2.35. The highest BCUT2D eigenvalue weighted by atomic mass is 79.9. The van der Waals surface area contributed by atoms with Gasteiger partial charge in [-0.05, 0) is 0 Å². The Morgan fingerprint density at radius 1 is 1.38 bits per heavy atom. The first-order chi connectivity index (χ1) is 7.47. The first-order valence-electron chi connectivity index (χ1n) is 4.41. The summed E-state index contributed by atoms with van der Waals surface area (Å²) >= 11 is 2.54. The van der Waals surface area contributed by atoms with Gasteiger partial charge in [-0.25, -0.2) is 0 Å². The highest BCUT2D eigenvalue weighted by Crippen LogP contribution is 2.20. The molecule has 0 atom stereocenters. The normalized spacial score (nSPS) is 12.6. The van der Waals surface area contributed by atoms with Crippen LogP contribution < -0.4 is 0 Å². The lowest BCUT2D eigenvalue weighted by Crippen LogP contribution is -2.28. The smallest absolute Gasteiger partial charge is 0.318 e. The van der Waals surface area contributed by atoms with Gasteiger partial charge in [0.25, 0.3) is 0 Å². The van der Waals surface area contributed by atoms with Crippen molar-refractivity contribution in [1.82, 2.24) is 0 Å². The number of hydrogen-bond donors (Lipinski definition) is 1. The van der Waals surface area contributed by atoms with Crippen molar-refractivity contribution >= 4 is 27.5 Å². The second-order valence-corrected chi connectivity index (χ2v) is 3.66. The molecule has 2 nitrogen and oxygen atoms in total. The van der Waals surface area contributed by atoms with Crippen LogP contribution in [0.1, 0.15) is 5.56 Å². The van der Waals surface area contributed by atoms with Crippen LogP contribution >= 0.6 is 15.9 Å². The number of rotatable bonds is 4. The topological polar surface area (TPSA) is 37.3 Å². The van der Waals surface area contributed by atoms with E-state index in [0.717, 1.165) is 0 Å². The summed E-state index contributed by atoms with van der Waals surface area (Å²) in [7, 11) is 0. The number of ketones is 1. The van der Waals surface area contributed by atoms with Crippen molar-refractivity contribution < 1.29 is 18.7 Å². The van der Waals surface area contributed by atoms with Crippen LogP contribution in [0.2, 0.25) is 0 Å². The number of alkyl halides is 3. The fraction of sp³-hybridized carbons (Fsp3) is 0.182. The summed E-state index contributed by atoms with van der Waals surface area (Å²) in [5.41, 5.74) is 0.321. The van der Waals surface area contributed by atoms with E-state index in [4.69, 9.17) is 0 Å². The van der Waals surface area contributed by atoms with Crippen molar-refractivity contribution in [3.63, 3.8) is 0 Å². The molecule has 1 aromatic carbocycles. The maximum absolute atomic E-state index is 12.9. The van der Waals surface area contributed by atoms with E-state index in [-0.39, 0.29) is 0 Å². The molecule has 5 heteroatoms. The van der Waals surface area contributed by atoms with Gasteiger partial charge in [0.2, 0.25) is 5.78 Å². The molecule has 1 aromatic rings. The Morgan fingerprint density at radius 2 is 1.94 bits per heavy atom. The lowest BCUT2D eigenvalue weighted by molar-refractivity contribution is -0.134. The SMILES string of the molecule is O=C(/C=C(\O)c1ccccc1)C(F)(F)CBr. The predicted molar refractivity (Wildman–Crippen MR) is 60.8 cm³/mol. The van der Waals surface area contributed by atoms with Crippen LogP contribution in [-0.2, 0) is 4.79 Å². The largest absolute Gasteiger partial charge is 0.507 e. The average molecular weight is 291 g/mol. The number of halogens is 3. The summed E-state index contributed by atoms with van der Waals surface area (Å²) in [6.07, 6.45) is 0.538. The lowest BCUT2D eigenvalue weighted by atomic mass is 10.1. The molecule has 0 aliphatic heterocycles. The van der Waals surface area contributed by atoms with Gasteiger partial charge >= 0.3 is 5.92 Å². The standard InChI is InChI=1S/C11H9BrF2O2/c12-7-11(13,14)10(16)6-9(15)8-4-2-1-3-5-8/h1-6,15H,7H2/b9-6-. The quantitative estimate of drug-likeness (QED) is 0.525. The number of benzene rings is 1. The number of allylic oxidation sites excluding steroid dienone is 1. The fourth-order valence-electron chi connectivity index (χ4n) is 0.988. The summed E-state index contributed by atoms with van der Waals surface area (Å²) in [5.74, 6) is -5.39. The zero-order valence-corrected chi connectivity index (χ0v) is 9.75. The van der Waals surface area contributed by atoms with E-state index in [1.165, 1.54) is 12.1 Å². The minimum atomic E-state index is -3.50. The zero-order chi connectivity index (χ0) is 12.2. The molecule has 0 aliphatic rings. The van der Waals surface area contributed by atoms with Gasteiger partial charge < -0.3 is 5.11 Å². The minimum absolute atomic E-state index is 0.321. The Hall–Kier alpha value is -1.23. The zero-order valence-electron chi connectivity index (χ0n) is 8.16. The first-order valence-corrected chi connectivity index (χ1v) is 5.54. The predicted octanol–water partition coefficient (Wildman–Crippen LogP) is 3.18. The third-order valence-corrected chi connectivity index (χ3v) is 2.57. The van der Waals surface area contributed by atoms with Crippen LogP contribution in [0.4, 0.5) is 8.78 Å². The maximum Gasteiger partial charge on any atom is 0.318 e. The third-order valence-electron chi connectivity index (χ3n) is 1.87. The Labute approximate surface area is 99.7 Å². The van der Waals surface area contributed by atoms with E-state index >= 15 is 0 Å². The number of carbonyl (C=O) groups excluding carboxylic acids is 1. The summed E-state index contributed by atoms with van der Waals surface area (Å²) < 4.78 is 25.7. The second kappa shape index (κ2) is 5.21. The lowest BCUT2D eigenvalue weighted by Gasteiger charge is -2.08. The molecule has 86 valence electrons. The van der Waals surface area contributed by atoms with Crippen molar-refractivity contribution in [1.29, 1.82) is 0 Å². The molecule has 1 rings (SSSR count). The molecule has 0 saturated carbocycles. The van der Waals surface area contributed by atoms with Gasteiger partial charge in [0.15, 0.2) is 0 Å². The Balaban J connectivity index is 2.90. The minimum Gasteiger partial charge on any atom is -0.507 e. The second-order valence-electron chi connectivity index (χ2n) is 3.10. The number of aliphatic hydroxyl groups excluding tert-OH is 1. The summed E-state index contributed by atoms with van der Waals surface area (Å²) in [5, 5.41) is 8.67. The van der Waals surface area contributed by atoms with Crippen LogP contribution in [0, 0.1) is 0 Å². The monoisotopic (exact) mass is 290 g/mol. The molecular formula is C11H9BrF2O2. The van der Waals surface area contributed by atoms with Crippen LogP contribution in [0.15, 0.2) is 36.4 Å². The molecule has 0 unspecified atom stereocenters. The molecule has 0 aromatic heterocycles. The van der Waals surface area contributed by atoms with Crippen molar-refractivity contribution in [2.24, 2.45) is 0 Å². The highest BCUT2D eigenvalue weighted by molar-refractivity contribution is 9.09. The van der Waals surface area contributed by atoms with Crippen molar-refractivity contribution in [3.8, 4) is 0 Å². The van der Waals surface area contributed by atoms with Crippen LogP contribution in [0.25, 0.3) is 5.76 Å². The molecule has 0 amide bonds. The van der Waals surface area contributed by atoms with Gasteiger partial charge in [0, 0.05) is 11.6 Å². The molecule has 0 fully saturated rings. The van der Waals surface area contributed by atoms with E-state index in [2.05, 4.69) is 15.9 Å². The number of aliphatic hydroxyl groups is 1. The van der Waals surface area contributed by atoms with Crippen LogP contribution in [-0.4, -0.2) is 22.1 Å². The number of hydrogen-bond acceptors (Lipinski definition) is 2. The van der Waals surface area contributed by atoms with Crippen molar-refractivity contribution in [2.75, 3.05) is 5.33 Å². The first kappa shape index (κ1) is 12.8. The van der Waals surface area contributed by atoms with Crippen LogP contribution in [0.5, 0.6) is 0 Å². The molecular weight excluding hydrogens is 282 g/mol. The van der Waals surface area contributed by atoms with E-state index in [9.17, 15) is 18.7 Å². The molecule has 0 aliphatic carbocycles. The van der Waals surface area contributed by atoms with E-state index in [0.29, 0.717) is 11.6 Å².